The molecule has 0 nitrogen and oxygen atoms in total. The van der Waals surface area contributed by atoms with E-state index in [9.17, 15) is 0 Å². The second-order valence-electron chi connectivity index (χ2n) is 6.16. The van der Waals surface area contributed by atoms with Crippen LogP contribution in [-0.2, 0) is 0 Å². The minimum Gasteiger partial charge on any atom is -0.123 e. The summed E-state index contributed by atoms with van der Waals surface area (Å²) >= 11 is 0. The maximum absolute atomic E-state index is 2.38. The van der Waals surface area contributed by atoms with Crippen LogP contribution in [-0.4, -0.2) is 16.7 Å². The summed E-state index contributed by atoms with van der Waals surface area (Å²) < 4.78 is 0. The smallest absolute Gasteiger partial charge is 0.123 e. The normalized spacial score (nSPS) is 17.7. The Morgan fingerprint density at radius 2 is 1.33 bits per heavy atom. The quantitative estimate of drug-likeness (QED) is 0.452. The molecule has 1 heterocycles. The molecule has 1 aliphatic heterocycles. The lowest BCUT2D eigenvalue weighted by Gasteiger charge is -2.45. The molecule has 1 aliphatic rings. The highest BCUT2D eigenvalue weighted by Gasteiger charge is 2.40. The summed E-state index contributed by atoms with van der Waals surface area (Å²) in [5, 5.41) is 0.814. The van der Waals surface area contributed by atoms with E-state index in [1.807, 2.05) is 0 Å². The highest BCUT2D eigenvalue weighted by Crippen LogP contribution is 2.61. The van der Waals surface area contributed by atoms with Crippen LogP contribution in [0.15, 0.2) is 24.2 Å². The van der Waals surface area contributed by atoms with E-state index < -0.39 is 0 Å². The van der Waals surface area contributed by atoms with Crippen molar-refractivity contribution < 1.29 is 0 Å². The molecule has 0 aromatic heterocycles. The molecule has 0 bridgehead atoms. The topological polar surface area (TPSA) is 0 Å². The highest BCUT2D eigenvalue weighted by atomic mass is 31.1. The standard InChI is InChI=1S/C13H23BP/c1-12(2,3)15(13(4,5)6)14-10-8-7-9-11-14/h7-11H,1-6H3. The average Bonchev–Trinajstić information content (AvgIpc) is 2.00. The van der Waals surface area contributed by atoms with Gasteiger partial charge in [0.25, 0.3) is 0 Å². The van der Waals surface area contributed by atoms with Crippen molar-refractivity contribution in [1.29, 1.82) is 0 Å². The third kappa shape index (κ3) is 3.49. The molecule has 0 aliphatic carbocycles. The molecular weight excluding hydrogens is 198 g/mol. The Kier molecular flexibility index (Phi) is 3.88. The molecule has 0 aromatic carbocycles. The first kappa shape index (κ1) is 13.0. The zero-order valence-electron chi connectivity index (χ0n) is 10.9. The van der Waals surface area contributed by atoms with Gasteiger partial charge in [0.05, 0.1) is 0 Å². The zero-order valence-corrected chi connectivity index (χ0v) is 11.8. The Bertz CT molecular complexity index is 251. The lowest BCUT2D eigenvalue weighted by atomic mass is 9.69. The van der Waals surface area contributed by atoms with Crippen molar-refractivity contribution >= 4 is 14.2 Å². The van der Waals surface area contributed by atoms with Crippen molar-refractivity contribution in [2.75, 3.05) is 0 Å². The largest absolute Gasteiger partial charge is 0.204 e. The van der Waals surface area contributed by atoms with E-state index in [-0.39, 0.29) is 7.80 Å². The zero-order chi connectivity index (χ0) is 11.7. The van der Waals surface area contributed by atoms with E-state index >= 15 is 0 Å². The molecule has 0 saturated heterocycles. The van der Waals surface area contributed by atoms with Gasteiger partial charge in [0.2, 0.25) is 6.43 Å². The summed E-state index contributed by atoms with van der Waals surface area (Å²) in [6.07, 6.45) is 9.51. The van der Waals surface area contributed by atoms with Gasteiger partial charge in [0.1, 0.15) is 0 Å². The maximum atomic E-state index is 2.38. The lowest BCUT2D eigenvalue weighted by Crippen LogP contribution is -2.33. The fourth-order valence-electron chi connectivity index (χ4n) is 2.56. The Labute approximate surface area is 97.0 Å². The second kappa shape index (κ2) is 4.46. The van der Waals surface area contributed by atoms with Crippen molar-refractivity contribution in [3.63, 3.8) is 0 Å². The lowest BCUT2D eigenvalue weighted by molar-refractivity contribution is 0.718. The molecule has 15 heavy (non-hydrogen) atoms. The van der Waals surface area contributed by atoms with E-state index in [4.69, 9.17) is 0 Å². The van der Waals surface area contributed by atoms with E-state index in [2.05, 4.69) is 72.1 Å². The molecular formula is C13H23BP. The summed E-state index contributed by atoms with van der Waals surface area (Å²) in [4.78, 5) is 0. The molecule has 2 heteroatoms. The first-order chi connectivity index (χ1) is 6.73. The van der Waals surface area contributed by atoms with Crippen molar-refractivity contribution in [2.24, 2.45) is 0 Å². The minimum absolute atomic E-state index is 0.0545. The van der Waals surface area contributed by atoms with Crippen LogP contribution in [0.3, 0.4) is 0 Å². The van der Waals surface area contributed by atoms with Gasteiger partial charge in [-0.2, -0.15) is 0 Å². The predicted octanol–water partition coefficient (Wildman–Crippen LogP) is 4.47. The number of rotatable bonds is 1. The van der Waals surface area contributed by atoms with Crippen LogP contribution in [0.2, 0.25) is 0 Å². The first-order valence-electron chi connectivity index (χ1n) is 5.71. The fraction of sp³-hybridized carbons (Fsp3) is 0.615. The molecule has 0 N–H and O–H groups in total. The second-order valence-corrected chi connectivity index (χ2v) is 10.2. The van der Waals surface area contributed by atoms with Gasteiger partial charge in [-0.05, 0) is 16.6 Å². The molecule has 0 saturated carbocycles. The van der Waals surface area contributed by atoms with Gasteiger partial charge < -0.3 is 0 Å². The van der Waals surface area contributed by atoms with Gasteiger partial charge in [-0.25, -0.2) is 0 Å². The van der Waals surface area contributed by atoms with Crippen LogP contribution in [0.5, 0.6) is 0 Å². The van der Waals surface area contributed by atoms with Crippen molar-refractivity contribution in [3.05, 3.63) is 30.5 Å². The molecule has 0 atom stereocenters. The molecule has 1 rings (SSSR count). The summed E-state index contributed by atoms with van der Waals surface area (Å²) in [5.74, 6) is 2.36. The highest BCUT2D eigenvalue weighted by molar-refractivity contribution is 7.93. The summed E-state index contributed by atoms with van der Waals surface area (Å²) in [7, 11) is -0.0545. The Balaban J connectivity index is 2.92. The van der Waals surface area contributed by atoms with Crippen LogP contribution in [0.25, 0.3) is 0 Å². The fourth-order valence-corrected chi connectivity index (χ4v) is 6.90. The predicted molar refractivity (Wildman–Crippen MR) is 74.8 cm³/mol. The molecule has 1 radical (unpaired) electrons. The van der Waals surface area contributed by atoms with Gasteiger partial charge in [-0.3, -0.25) is 0 Å². The molecule has 0 amide bonds. The third-order valence-corrected chi connectivity index (χ3v) is 6.41. The van der Waals surface area contributed by atoms with Gasteiger partial charge in [0, 0.05) is 0 Å². The minimum atomic E-state index is -0.0545. The van der Waals surface area contributed by atoms with Gasteiger partial charge in [-0.1, -0.05) is 59.8 Å². The van der Waals surface area contributed by atoms with Crippen LogP contribution in [0.4, 0.5) is 0 Å². The van der Waals surface area contributed by atoms with E-state index in [0.717, 1.165) is 0 Å². The molecule has 83 valence electrons. The Hall–Kier alpha value is -0.0251. The Morgan fingerprint density at radius 1 is 0.800 bits per heavy atom. The van der Waals surface area contributed by atoms with Crippen molar-refractivity contribution in [3.8, 4) is 0 Å². The average molecular weight is 221 g/mol. The number of hydrogen-bond acceptors (Lipinski definition) is 0. The van der Waals surface area contributed by atoms with E-state index in [1.54, 1.807) is 0 Å². The monoisotopic (exact) mass is 221 g/mol. The van der Waals surface area contributed by atoms with E-state index in [1.165, 1.54) is 0 Å². The van der Waals surface area contributed by atoms with Gasteiger partial charge in [0.15, 0.2) is 0 Å². The maximum Gasteiger partial charge on any atom is 0.204 e. The summed E-state index contributed by atoms with van der Waals surface area (Å²) in [6.45, 7) is 14.3. The molecule has 0 spiro atoms. The summed E-state index contributed by atoms with van der Waals surface area (Å²) in [5.41, 5.74) is 0. The van der Waals surface area contributed by atoms with Crippen LogP contribution in [0.1, 0.15) is 41.5 Å². The SMILES string of the molecule is CC(C)(C)P(B1[CH]C=CC=C1)C(C)(C)C. The third-order valence-electron chi connectivity index (χ3n) is 2.58. The molecule has 0 aromatic rings. The van der Waals surface area contributed by atoms with Crippen LogP contribution < -0.4 is 0 Å². The molecule has 0 unspecified atom stereocenters. The van der Waals surface area contributed by atoms with Gasteiger partial charge in [-0.15, -0.1) is 13.8 Å². The van der Waals surface area contributed by atoms with E-state index in [0.29, 0.717) is 16.7 Å². The summed E-state index contributed by atoms with van der Waals surface area (Å²) in [6, 6.07) is 0. The van der Waals surface area contributed by atoms with Crippen molar-refractivity contribution in [2.45, 2.75) is 51.9 Å². The number of allylic oxidation sites excluding steroid dienone is 3. The van der Waals surface area contributed by atoms with Crippen LogP contribution in [0, 0.1) is 6.32 Å². The van der Waals surface area contributed by atoms with Gasteiger partial charge >= 0.3 is 0 Å². The first-order valence-corrected chi connectivity index (χ1v) is 7.12. The Morgan fingerprint density at radius 3 is 1.67 bits per heavy atom. The van der Waals surface area contributed by atoms with Crippen molar-refractivity contribution in [1.82, 2.24) is 0 Å². The van der Waals surface area contributed by atoms with Crippen LogP contribution >= 0.6 is 7.80 Å². The number of hydrogen-bond donors (Lipinski definition) is 0. The molecule has 0 fully saturated rings.